The number of aromatic nitrogens is 1. The number of carbonyl (C=O) groups excluding carboxylic acids is 1. The Morgan fingerprint density at radius 3 is 2.76 bits per heavy atom. The van der Waals surface area contributed by atoms with Crippen molar-refractivity contribution in [3.8, 4) is 0 Å². The fourth-order valence-electron chi connectivity index (χ4n) is 3.31. The van der Waals surface area contributed by atoms with Crippen LogP contribution in [0.5, 0.6) is 0 Å². The lowest BCUT2D eigenvalue weighted by atomic mass is 10.3. The topological polar surface area (TPSA) is 58.4 Å². The Morgan fingerprint density at radius 2 is 2.08 bits per heavy atom. The molecule has 1 N–H and O–H groups in total. The van der Waals surface area contributed by atoms with Crippen LogP contribution in [0.1, 0.15) is 43.6 Å². The van der Waals surface area contributed by atoms with Crippen molar-refractivity contribution in [2.45, 2.75) is 32.1 Å². The normalized spacial score (nSPS) is 22.5. The van der Waals surface area contributed by atoms with Gasteiger partial charge in [-0.1, -0.05) is 6.92 Å². The standard InChI is InChI=1S/C20H23N3O2/c1-14-12-17(14)18-7-5-16(25-18)6-9-20(24)22-15-4-8-19(21-13-15)23-10-2-3-11-23/h4-9,13-14,17H,2-3,10-12H2,1H3,(H,22,24). The lowest BCUT2D eigenvalue weighted by Crippen LogP contribution is -2.18. The molecule has 0 radical (unpaired) electrons. The molecule has 1 aliphatic heterocycles. The molecule has 4 rings (SSSR count). The summed E-state index contributed by atoms with van der Waals surface area (Å²) in [5.74, 6) is 3.79. The van der Waals surface area contributed by atoms with Gasteiger partial charge in [-0.15, -0.1) is 0 Å². The van der Waals surface area contributed by atoms with Crippen LogP contribution in [0, 0.1) is 5.92 Å². The van der Waals surface area contributed by atoms with Gasteiger partial charge in [0.25, 0.3) is 0 Å². The smallest absolute Gasteiger partial charge is 0.248 e. The number of furan rings is 1. The molecule has 2 fully saturated rings. The van der Waals surface area contributed by atoms with Gasteiger partial charge < -0.3 is 14.6 Å². The summed E-state index contributed by atoms with van der Waals surface area (Å²) in [7, 11) is 0. The molecule has 3 heterocycles. The second-order valence-electron chi connectivity index (χ2n) is 6.98. The number of amides is 1. The maximum atomic E-state index is 12.1. The predicted molar refractivity (Wildman–Crippen MR) is 98.6 cm³/mol. The second-order valence-corrected chi connectivity index (χ2v) is 6.98. The molecule has 130 valence electrons. The summed E-state index contributed by atoms with van der Waals surface area (Å²) in [6, 6.07) is 7.77. The predicted octanol–water partition coefficient (Wildman–Crippen LogP) is 4.05. The fourth-order valence-corrected chi connectivity index (χ4v) is 3.31. The summed E-state index contributed by atoms with van der Waals surface area (Å²) in [5.41, 5.74) is 0.699. The molecule has 2 aliphatic rings. The van der Waals surface area contributed by atoms with E-state index in [-0.39, 0.29) is 5.91 Å². The van der Waals surface area contributed by atoms with E-state index in [1.807, 2.05) is 24.3 Å². The molecule has 2 aromatic heterocycles. The zero-order valence-corrected chi connectivity index (χ0v) is 14.4. The van der Waals surface area contributed by atoms with Crippen LogP contribution in [0.15, 0.2) is 41.0 Å². The van der Waals surface area contributed by atoms with Crippen LogP contribution in [0.4, 0.5) is 11.5 Å². The van der Waals surface area contributed by atoms with Gasteiger partial charge in [-0.05, 0) is 55.5 Å². The number of hydrogen-bond donors (Lipinski definition) is 1. The fraction of sp³-hybridized carbons (Fsp3) is 0.400. The number of nitrogens with one attached hydrogen (secondary N) is 1. The van der Waals surface area contributed by atoms with Crippen LogP contribution in [-0.2, 0) is 4.79 Å². The summed E-state index contributed by atoms with van der Waals surface area (Å²) in [5, 5.41) is 2.83. The number of carbonyl (C=O) groups is 1. The number of hydrogen-bond acceptors (Lipinski definition) is 4. The molecule has 0 aromatic carbocycles. The summed E-state index contributed by atoms with van der Waals surface area (Å²) in [6.07, 6.45) is 8.54. The average molecular weight is 337 g/mol. The number of rotatable bonds is 5. The molecule has 0 spiro atoms. The van der Waals surface area contributed by atoms with Gasteiger partial charge in [0.2, 0.25) is 5.91 Å². The third-order valence-electron chi connectivity index (χ3n) is 4.97. The van der Waals surface area contributed by atoms with Crippen molar-refractivity contribution in [1.29, 1.82) is 0 Å². The monoisotopic (exact) mass is 337 g/mol. The molecule has 1 amide bonds. The molecule has 1 saturated carbocycles. The molecule has 5 heteroatoms. The second kappa shape index (κ2) is 6.75. The van der Waals surface area contributed by atoms with Gasteiger partial charge in [0.05, 0.1) is 11.9 Å². The highest BCUT2D eigenvalue weighted by Gasteiger charge is 2.36. The molecule has 2 atom stereocenters. The van der Waals surface area contributed by atoms with Crippen LogP contribution in [0.3, 0.4) is 0 Å². The van der Waals surface area contributed by atoms with E-state index in [9.17, 15) is 4.79 Å². The first-order valence-corrected chi connectivity index (χ1v) is 8.99. The van der Waals surface area contributed by atoms with E-state index >= 15 is 0 Å². The summed E-state index contributed by atoms with van der Waals surface area (Å²) in [4.78, 5) is 18.8. The number of pyridine rings is 1. The third-order valence-corrected chi connectivity index (χ3v) is 4.97. The van der Waals surface area contributed by atoms with E-state index in [2.05, 4.69) is 22.1 Å². The van der Waals surface area contributed by atoms with Crippen molar-refractivity contribution >= 4 is 23.5 Å². The maximum Gasteiger partial charge on any atom is 0.248 e. The average Bonchev–Trinajstić information content (AvgIpc) is 3.06. The van der Waals surface area contributed by atoms with E-state index < -0.39 is 0 Å². The summed E-state index contributed by atoms with van der Waals surface area (Å²) >= 11 is 0. The Bertz CT molecular complexity index is 772. The van der Waals surface area contributed by atoms with E-state index in [0.29, 0.717) is 23.3 Å². The molecular weight excluding hydrogens is 314 g/mol. The molecule has 5 nitrogen and oxygen atoms in total. The Labute approximate surface area is 147 Å². The van der Waals surface area contributed by atoms with Crippen LogP contribution in [0.2, 0.25) is 0 Å². The van der Waals surface area contributed by atoms with E-state index in [0.717, 1.165) is 24.7 Å². The molecule has 1 aliphatic carbocycles. The molecular formula is C20H23N3O2. The highest BCUT2D eigenvalue weighted by atomic mass is 16.3. The molecule has 2 aromatic rings. The van der Waals surface area contributed by atoms with Crippen molar-refractivity contribution < 1.29 is 9.21 Å². The first-order valence-electron chi connectivity index (χ1n) is 8.99. The van der Waals surface area contributed by atoms with Crippen molar-refractivity contribution in [1.82, 2.24) is 4.98 Å². The lowest BCUT2D eigenvalue weighted by molar-refractivity contribution is -0.111. The third kappa shape index (κ3) is 3.76. The minimum atomic E-state index is -0.187. The van der Waals surface area contributed by atoms with Crippen LogP contribution < -0.4 is 10.2 Å². The van der Waals surface area contributed by atoms with Gasteiger partial charge in [-0.3, -0.25) is 4.79 Å². The van der Waals surface area contributed by atoms with Gasteiger partial charge in [0.15, 0.2) is 0 Å². The number of anilines is 2. The number of nitrogens with zero attached hydrogens (tertiary/aromatic N) is 2. The SMILES string of the molecule is CC1CC1c1ccc(C=CC(=O)Nc2ccc(N3CCCC3)nc2)o1. The maximum absolute atomic E-state index is 12.1. The highest BCUT2D eigenvalue weighted by molar-refractivity contribution is 6.01. The molecule has 1 saturated heterocycles. The van der Waals surface area contributed by atoms with Crippen molar-refractivity contribution in [2.24, 2.45) is 5.92 Å². The quantitative estimate of drug-likeness (QED) is 0.836. The Kier molecular flexibility index (Phi) is 4.30. The van der Waals surface area contributed by atoms with Crippen LogP contribution in [0.25, 0.3) is 6.08 Å². The molecule has 2 unspecified atom stereocenters. The molecule has 25 heavy (non-hydrogen) atoms. The van der Waals surface area contributed by atoms with Gasteiger partial charge >= 0.3 is 0 Å². The summed E-state index contributed by atoms with van der Waals surface area (Å²) in [6.45, 7) is 4.34. The Morgan fingerprint density at radius 1 is 1.28 bits per heavy atom. The van der Waals surface area contributed by atoms with Crippen molar-refractivity contribution in [3.05, 3.63) is 48.1 Å². The molecule has 0 bridgehead atoms. The zero-order valence-electron chi connectivity index (χ0n) is 14.4. The lowest BCUT2D eigenvalue weighted by Gasteiger charge is -2.16. The van der Waals surface area contributed by atoms with Gasteiger partial charge in [-0.2, -0.15) is 0 Å². The minimum Gasteiger partial charge on any atom is -0.461 e. The Balaban J connectivity index is 1.32. The van der Waals surface area contributed by atoms with Crippen LogP contribution >= 0.6 is 0 Å². The van der Waals surface area contributed by atoms with Crippen LogP contribution in [-0.4, -0.2) is 24.0 Å². The first-order chi connectivity index (χ1) is 12.2. The van der Waals surface area contributed by atoms with Crippen molar-refractivity contribution in [2.75, 3.05) is 23.3 Å². The van der Waals surface area contributed by atoms with E-state index in [1.54, 1.807) is 12.3 Å². The van der Waals surface area contributed by atoms with Gasteiger partial charge in [0.1, 0.15) is 17.3 Å². The van der Waals surface area contributed by atoms with Gasteiger partial charge in [0, 0.05) is 25.1 Å². The highest BCUT2D eigenvalue weighted by Crippen LogP contribution is 2.47. The van der Waals surface area contributed by atoms with E-state index in [4.69, 9.17) is 4.42 Å². The van der Waals surface area contributed by atoms with Gasteiger partial charge in [-0.25, -0.2) is 4.98 Å². The van der Waals surface area contributed by atoms with Crippen molar-refractivity contribution in [3.63, 3.8) is 0 Å². The summed E-state index contributed by atoms with van der Waals surface area (Å²) < 4.78 is 5.77. The van der Waals surface area contributed by atoms with E-state index in [1.165, 1.54) is 25.3 Å². The minimum absolute atomic E-state index is 0.187. The zero-order chi connectivity index (χ0) is 17.2. The first kappa shape index (κ1) is 15.9. The largest absolute Gasteiger partial charge is 0.461 e. The Hall–Kier alpha value is -2.56.